The molecular formula is C13H15BN2O. The van der Waals surface area contributed by atoms with Crippen molar-refractivity contribution in [2.75, 3.05) is 6.54 Å². The lowest BCUT2D eigenvalue weighted by molar-refractivity contribution is 0.0751. The van der Waals surface area contributed by atoms with Gasteiger partial charge < -0.3 is 4.90 Å². The van der Waals surface area contributed by atoms with Crippen molar-refractivity contribution < 1.29 is 4.79 Å². The molecule has 1 saturated heterocycles. The van der Waals surface area contributed by atoms with E-state index < -0.39 is 0 Å². The third kappa shape index (κ3) is 1.36. The van der Waals surface area contributed by atoms with Crippen molar-refractivity contribution in [3.63, 3.8) is 0 Å². The molecule has 86 valence electrons. The lowest BCUT2D eigenvalue weighted by Crippen LogP contribution is -2.51. The Morgan fingerprint density at radius 1 is 1.41 bits per heavy atom. The number of hydrogen-bond donors (Lipinski definition) is 0. The minimum atomic E-state index is -0.184. The van der Waals surface area contributed by atoms with Crippen LogP contribution in [0.2, 0.25) is 0 Å². The number of fused-ring (bicyclic) bond motifs is 2. The van der Waals surface area contributed by atoms with Crippen LogP contribution in [0, 0.1) is 0 Å². The zero-order valence-corrected chi connectivity index (χ0v) is 10.2. The molecule has 1 amide bonds. The van der Waals surface area contributed by atoms with Crippen molar-refractivity contribution in [1.82, 2.24) is 4.90 Å². The fraction of sp³-hybridized carbons (Fsp3) is 0.385. The van der Waals surface area contributed by atoms with Crippen LogP contribution in [0.25, 0.3) is 0 Å². The Labute approximate surface area is 102 Å². The van der Waals surface area contributed by atoms with Crippen LogP contribution in [0.1, 0.15) is 30.1 Å². The summed E-state index contributed by atoms with van der Waals surface area (Å²) >= 11 is 0. The molecule has 2 aliphatic heterocycles. The number of amides is 1. The molecule has 1 unspecified atom stereocenters. The molecule has 2 aliphatic rings. The highest BCUT2D eigenvalue weighted by molar-refractivity contribution is 6.32. The van der Waals surface area contributed by atoms with E-state index in [1.165, 1.54) is 0 Å². The predicted molar refractivity (Wildman–Crippen MR) is 70.8 cm³/mol. The van der Waals surface area contributed by atoms with Crippen LogP contribution in [0.15, 0.2) is 29.3 Å². The summed E-state index contributed by atoms with van der Waals surface area (Å²) in [7, 11) is 2.13. The number of carbonyl (C=O) groups excluding carboxylic acids is 1. The van der Waals surface area contributed by atoms with Crippen LogP contribution in [-0.4, -0.2) is 36.3 Å². The van der Waals surface area contributed by atoms with E-state index in [4.69, 9.17) is 0 Å². The van der Waals surface area contributed by atoms with Crippen LogP contribution in [-0.2, 0) is 0 Å². The van der Waals surface area contributed by atoms with Gasteiger partial charge >= 0.3 is 0 Å². The summed E-state index contributed by atoms with van der Waals surface area (Å²) in [5.74, 6) is 0.126. The number of para-hydroxylation sites is 1. The first-order valence-corrected chi connectivity index (χ1v) is 6.10. The van der Waals surface area contributed by atoms with Crippen LogP contribution >= 0.6 is 0 Å². The maximum atomic E-state index is 12.5. The Morgan fingerprint density at radius 2 is 2.18 bits per heavy atom. The zero-order valence-electron chi connectivity index (χ0n) is 10.2. The smallest absolute Gasteiger partial charge is 0.256 e. The maximum Gasteiger partial charge on any atom is 0.256 e. The summed E-state index contributed by atoms with van der Waals surface area (Å²) in [5, 5.41) is 0. The molecule has 3 rings (SSSR count). The van der Waals surface area contributed by atoms with E-state index in [-0.39, 0.29) is 11.3 Å². The minimum absolute atomic E-state index is 0.126. The fourth-order valence-corrected chi connectivity index (χ4v) is 2.86. The molecule has 0 aromatic heterocycles. The third-order valence-electron chi connectivity index (χ3n) is 4.09. The van der Waals surface area contributed by atoms with E-state index in [9.17, 15) is 4.79 Å². The van der Waals surface area contributed by atoms with Crippen molar-refractivity contribution in [2.45, 2.75) is 25.2 Å². The number of hydrogen-bond acceptors (Lipinski definition) is 2. The fourth-order valence-electron chi connectivity index (χ4n) is 2.86. The van der Waals surface area contributed by atoms with Gasteiger partial charge in [-0.1, -0.05) is 12.1 Å². The molecule has 3 nitrogen and oxygen atoms in total. The summed E-state index contributed by atoms with van der Waals surface area (Å²) in [5.41, 5.74) is 2.41. The van der Waals surface area contributed by atoms with Gasteiger partial charge in [-0.05, 0) is 31.9 Å². The molecule has 0 aliphatic carbocycles. The van der Waals surface area contributed by atoms with Gasteiger partial charge in [0.1, 0.15) is 7.85 Å². The molecule has 1 atom stereocenters. The van der Waals surface area contributed by atoms with Crippen molar-refractivity contribution in [2.24, 2.45) is 4.99 Å². The number of rotatable bonds is 0. The Bertz CT molecular complexity index is 526. The van der Waals surface area contributed by atoms with Gasteiger partial charge in [0.05, 0.1) is 11.3 Å². The minimum Gasteiger partial charge on any atom is -0.335 e. The van der Waals surface area contributed by atoms with E-state index in [1.807, 2.05) is 36.1 Å². The Hall–Kier alpha value is -1.58. The highest BCUT2D eigenvalue weighted by atomic mass is 16.2. The molecule has 4 heteroatoms. The first-order valence-electron chi connectivity index (χ1n) is 6.10. The second-order valence-corrected chi connectivity index (χ2v) is 5.05. The summed E-state index contributed by atoms with van der Waals surface area (Å²) in [6.07, 6.45) is 2.08. The maximum absolute atomic E-state index is 12.5. The Morgan fingerprint density at radius 3 is 3.00 bits per heavy atom. The monoisotopic (exact) mass is 226 g/mol. The lowest BCUT2D eigenvalue weighted by atomic mass is 9.72. The Kier molecular flexibility index (Phi) is 2.15. The summed E-state index contributed by atoms with van der Waals surface area (Å²) in [4.78, 5) is 19.2. The molecular weight excluding hydrogens is 211 g/mol. The van der Waals surface area contributed by atoms with E-state index in [1.54, 1.807) is 0 Å². The van der Waals surface area contributed by atoms with Crippen LogP contribution in [0.3, 0.4) is 0 Å². The number of aliphatic imine (C=N–C) groups is 1. The van der Waals surface area contributed by atoms with E-state index >= 15 is 0 Å². The van der Waals surface area contributed by atoms with Gasteiger partial charge in [0, 0.05) is 17.7 Å². The molecule has 0 saturated carbocycles. The second kappa shape index (κ2) is 3.46. The number of benzene rings is 1. The van der Waals surface area contributed by atoms with Gasteiger partial charge in [-0.25, -0.2) is 0 Å². The molecule has 17 heavy (non-hydrogen) atoms. The van der Waals surface area contributed by atoms with Crippen molar-refractivity contribution in [3.8, 4) is 0 Å². The van der Waals surface area contributed by atoms with Gasteiger partial charge in [0.15, 0.2) is 0 Å². The predicted octanol–water partition coefficient (Wildman–Crippen LogP) is 1.36. The summed E-state index contributed by atoms with van der Waals surface area (Å²) in [6.45, 7) is 2.88. The molecule has 0 bridgehead atoms. The second-order valence-electron chi connectivity index (χ2n) is 5.05. The first-order chi connectivity index (χ1) is 8.13. The van der Waals surface area contributed by atoms with E-state index in [0.717, 1.165) is 36.3 Å². The largest absolute Gasteiger partial charge is 0.335 e. The van der Waals surface area contributed by atoms with Gasteiger partial charge in [0.25, 0.3) is 5.91 Å². The van der Waals surface area contributed by atoms with Gasteiger partial charge in [-0.3, -0.25) is 9.79 Å². The summed E-state index contributed by atoms with van der Waals surface area (Å²) in [6, 6.07) is 7.63. The molecule has 0 radical (unpaired) electrons. The van der Waals surface area contributed by atoms with Crippen LogP contribution < -0.4 is 0 Å². The highest BCUT2D eigenvalue weighted by Gasteiger charge is 2.43. The average molecular weight is 226 g/mol. The van der Waals surface area contributed by atoms with Crippen LogP contribution in [0.4, 0.5) is 5.69 Å². The zero-order chi connectivity index (χ0) is 12.0. The topological polar surface area (TPSA) is 32.7 Å². The third-order valence-corrected chi connectivity index (χ3v) is 4.09. The number of carbonyl (C=O) groups is 1. The van der Waals surface area contributed by atoms with Crippen molar-refractivity contribution in [3.05, 3.63) is 29.8 Å². The van der Waals surface area contributed by atoms with Crippen LogP contribution in [0.5, 0.6) is 0 Å². The molecule has 1 aromatic carbocycles. The molecule has 0 spiro atoms. The van der Waals surface area contributed by atoms with Gasteiger partial charge in [0.2, 0.25) is 0 Å². The van der Waals surface area contributed by atoms with Crippen molar-refractivity contribution in [1.29, 1.82) is 0 Å². The average Bonchev–Trinajstić information content (AvgIpc) is 2.69. The molecule has 0 N–H and O–H groups in total. The van der Waals surface area contributed by atoms with E-state index in [2.05, 4.69) is 12.8 Å². The highest BCUT2D eigenvalue weighted by Crippen LogP contribution is 2.35. The molecule has 1 fully saturated rings. The normalized spacial score (nSPS) is 27.2. The Balaban J connectivity index is 2.22. The van der Waals surface area contributed by atoms with Gasteiger partial charge in [-0.15, -0.1) is 0 Å². The quantitative estimate of drug-likeness (QED) is 0.614. The van der Waals surface area contributed by atoms with Crippen molar-refractivity contribution >= 4 is 25.2 Å². The molecule has 2 heterocycles. The lowest BCUT2D eigenvalue weighted by Gasteiger charge is -2.34. The van der Waals surface area contributed by atoms with Gasteiger partial charge in [-0.2, -0.15) is 0 Å². The SMILES string of the molecule is BC12CCCN1C(=O)c1ccccc1N=C2C. The van der Waals surface area contributed by atoms with E-state index in [0.29, 0.717) is 0 Å². The number of nitrogens with zero attached hydrogens (tertiary/aromatic N) is 2. The first kappa shape index (κ1) is 10.6. The summed E-state index contributed by atoms with van der Waals surface area (Å²) < 4.78 is 0. The molecule has 1 aromatic rings. The standard InChI is InChI=1S/C13H15BN2O/c1-9-13(14)7-4-8-16(13)12(17)10-5-2-3-6-11(10)15-9/h2-3,5-6H,4,7-8,14H2,1H3.